The first-order valence-electron chi connectivity index (χ1n) is 6.78. The summed E-state index contributed by atoms with van der Waals surface area (Å²) >= 11 is 0. The molecule has 3 heteroatoms. The average molecular weight is 254 g/mol. The van der Waals surface area contributed by atoms with Crippen LogP contribution in [-0.2, 0) is 13.0 Å². The fourth-order valence-electron chi connectivity index (χ4n) is 2.70. The number of hydrogen-bond donors (Lipinski definition) is 2. The molecule has 1 unspecified atom stereocenters. The zero-order chi connectivity index (χ0) is 13.1. The second-order valence-electron chi connectivity index (χ2n) is 5.00. The third-order valence-electron chi connectivity index (χ3n) is 3.73. The summed E-state index contributed by atoms with van der Waals surface area (Å²) in [5.74, 6) is 0.354. The molecule has 19 heavy (non-hydrogen) atoms. The highest BCUT2D eigenvalue weighted by molar-refractivity contribution is 5.32. The number of rotatable bonds is 3. The van der Waals surface area contributed by atoms with Crippen LogP contribution < -0.4 is 5.32 Å². The minimum atomic E-state index is 0.296. The van der Waals surface area contributed by atoms with Crippen molar-refractivity contribution in [3.63, 3.8) is 0 Å². The van der Waals surface area contributed by atoms with Gasteiger partial charge in [-0.1, -0.05) is 24.3 Å². The van der Waals surface area contributed by atoms with Crippen LogP contribution >= 0.6 is 0 Å². The van der Waals surface area contributed by atoms with Crippen LogP contribution in [-0.4, -0.2) is 10.1 Å². The first kappa shape index (κ1) is 12.2. The molecule has 0 bridgehead atoms. The molecule has 1 aliphatic rings. The number of phenolic OH excluding ortho intramolecular Hbond substituents is 1. The molecule has 0 radical (unpaired) electrons. The maximum absolute atomic E-state index is 9.78. The van der Waals surface area contributed by atoms with Gasteiger partial charge in [0.05, 0.1) is 11.7 Å². The molecule has 2 aromatic rings. The third-order valence-corrected chi connectivity index (χ3v) is 3.73. The first-order valence-corrected chi connectivity index (χ1v) is 6.78. The summed E-state index contributed by atoms with van der Waals surface area (Å²) in [6.45, 7) is 0.674. The molecule has 3 rings (SSSR count). The number of aromatic hydroxyl groups is 1. The summed E-state index contributed by atoms with van der Waals surface area (Å²) in [5.41, 5.74) is 3.46. The Kier molecular flexibility index (Phi) is 3.47. The number of para-hydroxylation sites is 1. The lowest BCUT2D eigenvalue weighted by Crippen LogP contribution is -2.25. The van der Waals surface area contributed by atoms with Crippen LogP contribution in [0.1, 0.15) is 35.7 Å². The fraction of sp³-hybridized carbons (Fsp3) is 0.312. The Morgan fingerprint density at radius 3 is 3.00 bits per heavy atom. The molecule has 0 amide bonds. The SMILES string of the molecule is Oc1ccccc1CNC1CCCc2cccnc21. The summed E-state index contributed by atoms with van der Waals surface area (Å²) < 4.78 is 0. The van der Waals surface area contributed by atoms with Crippen molar-refractivity contribution in [2.45, 2.75) is 31.8 Å². The van der Waals surface area contributed by atoms with Crippen LogP contribution in [0, 0.1) is 0 Å². The molecule has 0 fully saturated rings. The summed E-state index contributed by atoms with van der Waals surface area (Å²) in [4.78, 5) is 4.51. The minimum absolute atomic E-state index is 0.296. The van der Waals surface area contributed by atoms with Crippen LogP contribution in [0.4, 0.5) is 0 Å². The van der Waals surface area contributed by atoms with Crippen LogP contribution in [0.5, 0.6) is 5.75 Å². The molecular formula is C16H18N2O. The van der Waals surface area contributed by atoms with Crippen LogP contribution in [0.15, 0.2) is 42.6 Å². The Balaban J connectivity index is 1.73. The number of nitrogens with zero attached hydrogens (tertiary/aromatic N) is 1. The van der Waals surface area contributed by atoms with E-state index in [1.165, 1.54) is 17.7 Å². The van der Waals surface area contributed by atoms with E-state index in [4.69, 9.17) is 0 Å². The Labute approximate surface area is 113 Å². The minimum Gasteiger partial charge on any atom is -0.508 e. The Bertz CT molecular complexity index is 568. The largest absolute Gasteiger partial charge is 0.508 e. The quantitative estimate of drug-likeness (QED) is 0.885. The monoisotopic (exact) mass is 254 g/mol. The first-order chi connectivity index (χ1) is 9.34. The van der Waals surface area contributed by atoms with E-state index in [2.05, 4.69) is 16.4 Å². The predicted molar refractivity (Wildman–Crippen MR) is 74.9 cm³/mol. The van der Waals surface area contributed by atoms with Crippen LogP contribution in [0.2, 0.25) is 0 Å². The number of hydrogen-bond acceptors (Lipinski definition) is 3. The second kappa shape index (κ2) is 5.41. The van der Waals surface area contributed by atoms with Gasteiger partial charge in [0.15, 0.2) is 0 Å². The maximum Gasteiger partial charge on any atom is 0.120 e. The van der Waals surface area contributed by atoms with E-state index in [0.717, 1.165) is 18.4 Å². The normalized spacial score (nSPS) is 18.0. The number of fused-ring (bicyclic) bond motifs is 1. The zero-order valence-electron chi connectivity index (χ0n) is 10.8. The van der Waals surface area contributed by atoms with Crippen molar-refractivity contribution in [1.29, 1.82) is 0 Å². The van der Waals surface area contributed by atoms with E-state index in [1.807, 2.05) is 30.5 Å². The molecule has 0 saturated carbocycles. The van der Waals surface area contributed by atoms with E-state index >= 15 is 0 Å². The van der Waals surface area contributed by atoms with E-state index in [1.54, 1.807) is 6.07 Å². The Morgan fingerprint density at radius 2 is 2.11 bits per heavy atom. The van der Waals surface area contributed by atoms with Gasteiger partial charge in [-0.05, 0) is 37.0 Å². The van der Waals surface area contributed by atoms with E-state index in [0.29, 0.717) is 18.3 Å². The molecule has 0 spiro atoms. The topological polar surface area (TPSA) is 45.1 Å². The predicted octanol–water partition coefficient (Wildman–Crippen LogP) is 2.95. The molecule has 3 nitrogen and oxygen atoms in total. The lowest BCUT2D eigenvalue weighted by atomic mass is 9.92. The van der Waals surface area contributed by atoms with Crippen molar-refractivity contribution in [2.75, 3.05) is 0 Å². The van der Waals surface area contributed by atoms with Gasteiger partial charge in [0, 0.05) is 18.3 Å². The van der Waals surface area contributed by atoms with Crippen molar-refractivity contribution in [1.82, 2.24) is 10.3 Å². The van der Waals surface area contributed by atoms with Gasteiger partial charge in [-0.2, -0.15) is 0 Å². The summed E-state index contributed by atoms with van der Waals surface area (Å²) in [7, 11) is 0. The van der Waals surface area contributed by atoms with Gasteiger partial charge in [0.25, 0.3) is 0 Å². The van der Waals surface area contributed by atoms with Crippen molar-refractivity contribution >= 4 is 0 Å². The van der Waals surface area contributed by atoms with Crippen LogP contribution in [0.25, 0.3) is 0 Å². The average Bonchev–Trinajstić information content (AvgIpc) is 2.46. The number of phenols is 1. The van der Waals surface area contributed by atoms with E-state index in [9.17, 15) is 5.11 Å². The molecule has 1 atom stereocenters. The molecular weight excluding hydrogens is 236 g/mol. The standard InChI is InChI=1S/C16H18N2O/c19-15-9-2-1-5-13(15)11-18-14-8-3-6-12-7-4-10-17-16(12)14/h1-2,4-5,7,9-10,14,18-19H,3,6,8,11H2. The van der Waals surface area contributed by atoms with Gasteiger partial charge in [-0.25, -0.2) is 0 Å². The third kappa shape index (κ3) is 2.61. The van der Waals surface area contributed by atoms with Gasteiger partial charge >= 0.3 is 0 Å². The molecule has 0 saturated heterocycles. The molecule has 1 heterocycles. The fourth-order valence-corrected chi connectivity index (χ4v) is 2.70. The van der Waals surface area contributed by atoms with Gasteiger partial charge in [-0.15, -0.1) is 0 Å². The van der Waals surface area contributed by atoms with E-state index in [-0.39, 0.29) is 0 Å². The molecule has 1 aliphatic carbocycles. The molecule has 0 aliphatic heterocycles. The lowest BCUT2D eigenvalue weighted by Gasteiger charge is -2.25. The zero-order valence-corrected chi connectivity index (χ0v) is 10.8. The van der Waals surface area contributed by atoms with Gasteiger partial charge in [-0.3, -0.25) is 4.98 Å². The van der Waals surface area contributed by atoms with Gasteiger partial charge < -0.3 is 10.4 Å². The smallest absolute Gasteiger partial charge is 0.120 e. The molecule has 1 aromatic heterocycles. The molecule has 1 aromatic carbocycles. The Hall–Kier alpha value is -1.87. The van der Waals surface area contributed by atoms with Crippen LogP contribution in [0.3, 0.4) is 0 Å². The highest BCUT2D eigenvalue weighted by Crippen LogP contribution is 2.28. The summed E-state index contributed by atoms with van der Waals surface area (Å²) in [5, 5.41) is 13.3. The second-order valence-corrected chi connectivity index (χ2v) is 5.00. The Morgan fingerprint density at radius 1 is 1.21 bits per heavy atom. The van der Waals surface area contributed by atoms with Gasteiger partial charge in [0.2, 0.25) is 0 Å². The lowest BCUT2D eigenvalue weighted by molar-refractivity contribution is 0.431. The van der Waals surface area contributed by atoms with Crippen molar-refractivity contribution in [3.05, 3.63) is 59.4 Å². The highest BCUT2D eigenvalue weighted by Gasteiger charge is 2.20. The summed E-state index contributed by atoms with van der Waals surface area (Å²) in [6.07, 6.45) is 5.28. The van der Waals surface area contributed by atoms with E-state index < -0.39 is 0 Å². The number of aryl methyl sites for hydroxylation is 1. The number of nitrogens with one attached hydrogen (secondary N) is 1. The molecule has 98 valence electrons. The highest BCUT2D eigenvalue weighted by atomic mass is 16.3. The number of aromatic nitrogens is 1. The molecule has 2 N–H and O–H groups in total. The number of pyridine rings is 1. The maximum atomic E-state index is 9.78. The number of benzene rings is 1. The van der Waals surface area contributed by atoms with Crippen molar-refractivity contribution < 1.29 is 5.11 Å². The van der Waals surface area contributed by atoms with Gasteiger partial charge in [0.1, 0.15) is 5.75 Å². The van der Waals surface area contributed by atoms with Crippen molar-refractivity contribution in [2.24, 2.45) is 0 Å². The summed E-state index contributed by atoms with van der Waals surface area (Å²) in [6, 6.07) is 11.9. The van der Waals surface area contributed by atoms with Crippen molar-refractivity contribution in [3.8, 4) is 5.75 Å².